The zero-order valence-electron chi connectivity index (χ0n) is 8.40. The molecule has 0 aliphatic carbocycles. The third-order valence-corrected chi connectivity index (χ3v) is 2.50. The predicted octanol–water partition coefficient (Wildman–Crippen LogP) is 3.41. The summed E-state index contributed by atoms with van der Waals surface area (Å²) < 4.78 is 5.71. The summed E-state index contributed by atoms with van der Waals surface area (Å²) in [6.45, 7) is 0. The Morgan fingerprint density at radius 3 is 2.69 bits per heavy atom. The molecule has 3 rings (SSSR count). The summed E-state index contributed by atoms with van der Waals surface area (Å²) in [6.07, 6.45) is 0. The Morgan fingerprint density at radius 2 is 1.81 bits per heavy atom. The molecular weight excluding hydrogens is 200 g/mol. The maximum atomic E-state index is 8.98. The minimum Gasteiger partial charge on any atom is -0.452 e. The van der Waals surface area contributed by atoms with Crippen LogP contribution in [-0.4, -0.2) is 0 Å². The van der Waals surface area contributed by atoms with Gasteiger partial charge in [0, 0.05) is 0 Å². The van der Waals surface area contributed by atoms with E-state index >= 15 is 0 Å². The fourth-order valence-corrected chi connectivity index (χ4v) is 1.75. The highest BCUT2D eigenvalue weighted by atomic mass is 16.5. The molecule has 76 valence electrons. The van der Waals surface area contributed by atoms with E-state index in [1.165, 1.54) is 0 Å². The summed E-state index contributed by atoms with van der Waals surface area (Å²) in [5, 5.41) is 12.2. The van der Waals surface area contributed by atoms with Crippen LogP contribution in [0, 0.1) is 11.3 Å². The van der Waals surface area contributed by atoms with Gasteiger partial charge in [-0.3, -0.25) is 0 Å². The van der Waals surface area contributed by atoms with Crippen molar-refractivity contribution in [2.24, 2.45) is 0 Å². The minimum atomic E-state index is 0.541. The molecule has 3 heteroatoms. The Morgan fingerprint density at radius 1 is 1.00 bits per heavy atom. The molecule has 0 fully saturated rings. The van der Waals surface area contributed by atoms with Gasteiger partial charge in [-0.15, -0.1) is 0 Å². The monoisotopic (exact) mass is 208 g/mol. The van der Waals surface area contributed by atoms with Gasteiger partial charge in [-0.05, 0) is 24.3 Å². The van der Waals surface area contributed by atoms with Gasteiger partial charge in [0.1, 0.15) is 6.07 Å². The number of nitriles is 1. The van der Waals surface area contributed by atoms with Gasteiger partial charge in [-0.2, -0.15) is 5.26 Å². The van der Waals surface area contributed by atoms with E-state index in [4.69, 9.17) is 10.00 Å². The maximum absolute atomic E-state index is 8.98. The van der Waals surface area contributed by atoms with Crippen LogP contribution in [0.1, 0.15) is 5.56 Å². The lowest BCUT2D eigenvalue weighted by Gasteiger charge is -2.22. The number of ether oxygens (including phenoxy) is 1. The summed E-state index contributed by atoms with van der Waals surface area (Å²) in [6, 6.07) is 15.3. The first-order chi connectivity index (χ1) is 7.88. The van der Waals surface area contributed by atoms with Crippen LogP contribution in [0.15, 0.2) is 42.5 Å². The molecule has 2 aromatic carbocycles. The zero-order valence-corrected chi connectivity index (χ0v) is 8.40. The fourth-order valence-electron chi connectivity index (χ4n) is 1.75. The van der Waals surface area contributed by atoms with Crippen molar-refractivity contribution >= 4 is 11.4 Å². The van der Waals surface area contributed by atoms with E-state index in [9.17, 15) is 0 Å². The van der Waals surface area contributed by atoms with Crippen LogP contribution >= 0.6 is 0 Å². The van der Waals surface area contributed by atoms with Gasteiger partial charge in [0.25, 0.3) is 0 Å². The predicted molar refractivity (Wildman–Crippen MR) is 61.0 cm³/mol. The van der Waals surface area contributed by atoms with E-state index in [-0.39, 0.29) is 0 Å². The molecule has 2 aromatic rings. The standard InChI is InChI=1S/C13H8N2O/c14-8-9-4-3-6-11-13(9)16-12-7-2-1-5-10(12)15-11/h1-7,15H. The van der Waals surface area contributed by atoms with Crippen LogP contribution in [0.25, 0.3) is 0 Å². The number of fused-ring (bicyclic) bond motifs is 2. The van der Waals surface area contributed by atoms with Crippen LogP contribution in [0.3, 0.4) is 0 Å². The van der Waals surface area contributed by atoms with Gasteiger partial charge in [0.05, 0.1) is 16.9 Å². The maximum Gasteiger partial charge on any atom is 0.168 e. The molecule has 1 heterocycles. The Hall–Kier alpha value is -2.47. The molecule has 0 aromatic heterocycles. The Bertz CT molecular complexity index is 599. The van der Waals surface area contributed by atoms with Crippen molar-refractivity contribution in [3.8, 4) is 17.6 Å². The minimum absolute atomic E-state index is 0.541. The molecule has 16 heavy (non-hydrogen) atoms. The zero-order chi connectivity index (χ0) is 11.0. The van der Waals surface area contributed by atoms with Crippen molar-refractivity contribution in [3.63, 3.8) is 0 Å². The number of nitrogens with one attached hydrogen (secondary N) is 1. The van der Waals surface area contributed by atoms with Crippen molar-refractivity contribution < 1.29 is 4.74 Å². The third kappa shape index (κ3) is 1.21. The normalized spacial score (nSPS) is 11.4. The quantitative estimate of drug-likeness (QED) is 0.615. The molecule has 0 saturated carbocycles. The number of benzene rings is 2. The second kappa shape index (κ2) is 3.28. The molecular formula is C13H8N2O. The van der Waals surface area contributed by atoms with Gasteiger partial charge in [-0.1, -0.05) is 18.2 Å². The van der Waals surface area contributed by atoms with Gasteiger partial charge in [-0.25, -0.2) is 0 Å². The number of rotatable bonds is 0. The molecule has 0 unspecified atom stereocenters. The highest BCUT2D eigenvalue weighted by molar-refractivity contribution is 5.77. The second-order valence-electron chi connectivity index (χ2n) is 3.52. The van der Waals surface area contributed by atoms with Crippen molar-refractivity contribution in [2.75, 3.05) is 5.32 Å². The summed E-state index contributed by atoms with van der Waals surface area (Å²) in [5.41, 5.74) is 2.29. The van der Waals surface area contributed by atoms with Crippen molar-refractivity contribution in [1.29, 1.82) is 5.26 Å². The third-order valence-electron chi connectivity index (χ3n) is 2.50. The van der Waals surface area contributed by atoms with Gasteiger partial charge in [0.2, 0.25) is 0 Å². The number of hydrogen-bond donors (Lipinski definition) is 1. The van der Waals surface area contributed by atoms with Crippen molar-refractivity contribution in [3.05, 3.63) is 48.0 Å². The molecule has 0 saturated heterocycles. The molecule has 3 nitrogen and oxygen atoms in total. The molecule has 0 atom stereocenters. The number of nitrogens with zero attached hydrogens (tertiary/aromatic N) is 1. The highest BCUT2D eigenvalue weighted by Crippen LogP contribution is 2.43. The Balaban J connectivity index is 2.16. The summed E-state index contributed by atoms with van der Waals surface area (Å²) in [4.78, 5) is 0. The average molecular weight is 208 g/mol. The lowest BCUT2D eigenvalue weighted by molar-refractivity contribution is 0.479. The van der Waals surface area contributed by atoms with E-state index in [2.05, 4.69) is 11.4 Å². The lowest BCUT2D eigenvalue weighted by atomic mass is 10.1. The van der Waals surface area contributed by atoms with Crippen LogP contribution in [0.2, 0.25) is 0 Å². The van der Waals surface area contributed by atoms with Crippen molar-refractivity contribution in [2.45, 2.75) is 0 Å². The molecule has 0 radical (unpaired) electrons. The fraction of sp³-hybridized carbons (Fsp3) is 0. The van der Waals surface area contributed by atoms with Crippen LogP contribution in [-0.2, 0) is 0 Å². The molecule has 1 N–H and O–H groups in total. The van der Waals surface area contributed by atoms with Crippen LogP contribution in [0.4, 0.5) is 11.4 Å². The topological polar surface area (TPSA) is 45.0 Å². The van der Waals surface area contributed by atoms with Gasteiger partial charge < -0.3 is 10.1 Å². The first-order valence-electron chi connectivity index (χ1n) is 4.95. The summed E-state index contributed by atoms with van der Waals surface area (Å²) in [7, 11) is 0. The lowest BCUT2D eigenvalue weighted by Crippen LogP contribution is -2.03. The van der Waals surface area contributed by atoms with Gasteiger partial charge >= 0.3 is 0 Å². The summed E-state index contributed by atoms with van der Waals surface area (Å²) >= 11 is 0. The first-order valence-corrected chi connectivity index (χ1v) is 4.95. The van der Waals surface area contributed by atoms with Crippen molar-refractivity contribution in [1.82, 2.24) is 0 Å². The Labute approximate surface area is 92.9 Å². The number of anilines is 2. The molecule has 1 aliphatic heterocycles. The van der Waals surface area contributed by atoms with Crippen LogP contribution in [0.5, 0.6) is 11.5 Å². The highest BCUT2D eigenvalue weighted by Gasteiger charge is 2.18. The molecule has 1 aliphatic rings. The first kappa shape index (κ1) is 8.81. The van der Waals surface area contributed by atoms with E-state index in [0.29, 0.717) is 11.3 Å². The average Bonchev–Trinajstić information content (AvgIpc) is 2.35. The summed E-state index contributed by atoms with van der Waals surface area (Å²) in [5.74, 6) is 1.35. The smallest absolute Gasteiger partial charge is 0.168 e. The van der Waals surface area contributed by atoms with E-state index in [0.717, 1.165) is 17.1 Å². The Kier molecular flexibility index (Phi) is 1.81. The van der Waals surface area contributed by atoms with E-state index in [1.807, 2.05) is 36.4 Å². The molecule has 0 spiro atoms. The number of hydrogen-bond acceptors (Lipinski definition) is 3. The second-order valence-corrected chi connectivity index (χ2v) is 3.52. The largest absolute Gasteiger partial charge is 0.452 e. The number of para-hydroxylation sites is 3. The SMILES string of the molecule is N#Cc1cccc2c1Oc1ccccc1N2. The molecule has 0 bridgehead atoms. The van der Waals surface area contributed by atoms with Gasteiger partial charge in [0.15, 0.2) is 11.5 Å². The molecule has 0 amide bonds. The van der Waals surface area contributed by atoms with Crippen LogP contribution < -0.4 is 10.1 Å². The van der Waals surface area contributed by atoms with E-state index in [1.54, 1.807) is 6.07 Å². The van der Waals surface area contributed by atoms with E-state index < -0.39 is 0 Å².